The van der Waals surface area contributed by atoms with Gasteiger partial charge in [0.25, 0.3) is 0 Å². The molecule has 0 amide bonds. The maximum Gasteiger partial charge on any atom is 0.221 e. The van der Waals surface area contributed by atoms with E-state index in [2.05, 4.69) is 9.97 Å². The lowest BCUT2D eigenvalue weighted by Gasteiger charge is -2.11. The molecule has 0 N–H and O–H groups in total. The predicted molar refractivity (Wildman–Crippen MR) is 78.5 cm³/mol. The average Bonchev–Trinajstić information content (AvgIpc) is 2.48. The highest BCUT2D eigenvalue weighted by atomic mass is 35.5. The highest BCUT2D eigenvalue weighted by Crippen LogP contribution is 2.23. The maximum atomic E-state index is 6.08. The van der Waals surface area contributed by atoms with Crippen LogP contribution in [0.15, 0.2) is 24.3 Å². The number of aromatic nitrogens is 2. The average molecular weight is 293 g/mol. The van der Waals surface area contributed by atoms with Crippen LogP contribution in [0.3, 0.4) is 0 Å². The first-order valence-electron chi connectivity index (χ1n) is 6.42. The van der Waals surface area contributed by atoms with Crippen LogP contribution in [0.2, 0.25) is 5.15 Å². The van der Waals surface area contributed by atoms with Crippen molar-refractivity contribution < 1.29 is 9.47 Å². The molecule has 0 radical (unpaired) electrons. The van der Waals surface area contributed by atoms with Crippen LogP contribution in [0.5, 0.6) is 11.6 Å². The number of methoxy groups -OCH3 is 1. The first kappa shape index (κ1) is 14.6. The highest BCUT2D eigenvalue weighted by molar-refractivity contribution is 6.30. The number of ether oxygens (including phenoxy) is 2. The van der Waals surface area contributed by atoms with Gasteiger partial charge in [-0.15, -0.1) is 0 Å². The second-order valence-corrected chi connectivity index (χ2v) is 4.71. The molecule has 0 bridgehead atoms. The molecule has 0 spiro atoms. The number of aryl methyl sites for hydroxylation is 1. The van der Waals surface area contributed by atoms with E-state index >= 15 is 0 Å². The largest absolute Gasteiger partial charge is 0.497 e. The van der Waals surface area contributed by atoms with Crippen LogP contribution in [0.4, 0.5) is 0 Å². The van der Waals surface area contributed by atoms with E-state index in [1.54, 1.807) is 7.11 Å². The van der Waals surface area contributed by atoms with Gasteiger partial charge < -0.3 is 9.47 Å². The van der Waals surface area contributed by atoms with Gasteiger partial charge in [0.15, 0.2) is 0 Å². The Kier molecular flexibility index (Phi) is 4.79. The van der Waals surface area contributed by atoms with Gasteiger partial charge in [0, 0.05) is 12.0 Å². The van der Waals surface area contributed by atoms with E-state index < -0.39 is 0 Å². The molecule has 0 saturated heterocycles. The number of rotatable bonds is 5. The van der Waals surface area contributed by atoms with E-state index in [0.717, 1.165) is 23.3 Å². The summed E-state index contributed by atoms with van der Waals surface area (Å²) in [5.74, 6) is 2.02. The molecule has 0 fully saturated rings. The van der Waals surface area contributed by atoms with Crippen molar-refractivity contribution in [1.82, 2.24) is 9.97 Å². The van der Waals surface area contributed by atoms with Gasteiger partial charge >= 0.3 is 0 Å². The number of halogens is 1. The number of hydrogen-bond acceptors (Lipinski definition) is 4. The van der Waals surface area contributed by atoms with Crippen LogP contribution in [0, 0.1) is 6.92 Å². The molecule has 0 aliphatic carbocycles. The molecule has 1 aromatic heterocycles. The lowest BCUT2D eigenvalue weighted by molar-refractivity contribution is 0.289. The van der Waals surface area contributed by atoms with Crippen molar-refractivity contribution in [3.63, 3.8) is 0 Å². The van der Waals surface area contributed by atoms with Gasteiger partial charge in [0.2, 0.25) is 5.88 Å². The van der Waals surface area contributed by atoms with Crippen LogP contribution < -0.4 is 9.47 Å². The van der Waals surface area contributed by atoms with Crippen molar-refractivity contribution in [3.8, 4) is 11.6 Å². The maximum absolute atomic E-state index is 6.08. The number of nitrogens with zero attached hydrogens (tertiary/aromatic N) is 2. The van der Waals surface area contributed by atoms with Crippen LogP contribution in [-0.2, 0) is 13.0 Å². The summed E-state index contributed by atoms with van der Waals surface area (Å²) in [6.07, 6.45) is 0.718. The van der Waals surface area contributed by atoms with Gasteiger partial charge in [-0.05, 0) is 24.6 Å². The summed E-state index contributed by atoms with van der Waals surface area (Å²) in [6.45, 7) is 4.24. The molecule has 2 rings (SSSR count). The van der Waals surface area contributed by atoms with Gasteiger partial charge in [-0.2, -0.15) is 4.98 Å². The molecule has 0 aliphatic rings. The molecule has 0 unspecified atom stereocenters. The molecule has 20 heavy (non-hydrogen) atoms. The third-order valence-corrected chi connectivity index (χ3v) is 3.28. The normalized spacial score (nSPS) is 10.4. The molecular weight excluding hydrogens is 276 g/mol. The summed E-state index contributed by atoms with van der Waals surface area (Å²) in [4.78, 5) is 8.55. The van der Waals surface area contributed by atoms with Crippen LogP contribution >= 0.6 is 11.6 Å². The highest BCUT2D eigenvalue weighted by Gasteiger charge is 2.10. The fourth-order valence-electron chi connectivity index (χ4n) is 1.72. The van der Waals surface area contributed by atoms with E-state index in [0.29, 0.717) is 23.5 Å². The second-order valence-electron chi connectivity index (χ2n) is 4.35. The summed E-state index contributed by atoms with van der Waals surface area (Å²) in [6, 6.07) is 7.72. The Hall–Kier alpha value is -1.81. The van der Waals surface area contributed by atoms with Crippen LogP contribution in [0.25, 0.3) is 0 Å². The van der Waals surface area contributed by atoms with E-state index in [1.807, 2.05) is 38.1 Å². The zero-order valence-corrected chi connectivity index (χ0v) is 12.6. The molecule has 0 atom stereocenters. The summed E-state index contributed by atoms with van der Waals surface area (Å²) in [7, 11) is 1.64. The molecular formula is C15H17ClN2O2. The Morgan fingerprint density at radius 3 is 2.75 bits per heavy atom. The Labute approximate surface area is 123 Å². The minimum Gasteiger partial charge on any atom is -0.497 e. The van der Waals surface area contributed by atoms with Gasteiger partial charge in [-0.1, -0.05) is 30.7 Å². The van der Waals surface area contributed by atoms with E-state index in [-0.39, 0.29) is 0 Å². The van der Waals surface area contributed by atoms with Crippen molar-refractivity contribution >= 4 is 11.6 Å². The molecule has 1 heterocycles. The van der Waals surface area contributed by atoms with Crippen molar-refractivity contribution in [2.75, 3.05) is 7.11 Å². The molecule has 5 heteroatoms. The second kappa shape index (κ2) is 6.57. The molecule has 4 nitrogen and oxygen atoms in total. The molecule has 0 saturated carbocycles. The van der Waals surface area contributed by atoms with Gasteiger partial charge in [0.1, 0.15) is 23.3 Å². The zero-order chi connectivity index (χ0) is 14.5. The van der Waals surface area contributed by atoms with Crippen LogP contribution in [-0.4, -0.2) is 17.1 Å². The standard InChI is InChI=1S/C15H17ClN2O2/c1-4-13-17-14(16)10(2)15(18-13)20-9-11-6-5-7-12(8-11)19-3/h5-8H,4,9H2,1-3H3. The molecule has 0 aliphatic heterocycles. The minimum absolute atomic E-state index is 0.411. The Balaban J connectivity index is 2.15. The lowest BCUT2D eigenvalue weighted by atomic mass is 10.2. The first-order valence-corrected chi connectivity index (χ1v) is 6.80. The Morgan fingerprint density at radius 1 is 1.25 bits per heavy atom. The van der Waals surface area contributed by atoms with Gasteiger partial charge in [-0.25, -0.2) is 4.98 Å². The van der Waals surface area contributed by atoms with Crippen molar-refractivity contribution in [2.24, 2.45) is 0 Å². The summed E-state index contributed by atoms with van der Waals surface area (Å²) in [5, 5.41) is 0.442. The van der Waals surface area contributed by atoms with Gasteiger partial charge in [0.05, 0.1) is 7.11 Å². The molecule has 106 valence electrons. The SMILES string of the molecule is CCc1nc(Cl)c(C)c(OCc2cccc(OC)c2)n1. The summed E-state index contributed by atoms with van der Waals surface area (Å²) >= 11 is 6.08. The van der Waals surface area contributed by atoms with Crippen LogP contribution in [0.1, 0.15) is 23.9 Å². The lowest BCUT2D eigenvalue weighted by Crippen LogP contribution is -2.04. The van der Waals surface area contributed by atoms with Crippen molar-refractivity contribution in [1.29, 1.82) is 0 Å². The topological polar surface area (TPSA) is 44.2 Å². The van der Waals surface area contributed by atoms with Gasteiger partial charge in [-0.3, -0.25) is 0 Å². The number of benzene rings is 1. The Morgan fingerprint density at radius 2 is 2.05 bits per heavy atom. The molecule has 1 aromatic carbocycles. The monoisotopic (exact) mass is 292 g/mol. The van der Waals surface area contributed by atoms with Crippen molar-refractivity contribution in [2.45, 2.75) is 26.9 Å². The predicted octanol–water partition coefficient (Wildman–Crippen LogP) is 3.59. The summed E-state index contributed by atoms with van der Waals surface area (Å²) < 4.78 is 10.9. The quantitative estimate of drug-likeness (QED) is 0.790. The summed E-state index contributed by atoms with van der Waals surface area (Å²) in [5.41, 5.74) is 1.77. The fourth-order valence-corrected chi connectivity index (χ4v) is 1.90. The van der Waals surface area contributed by atoms with E-state index in [4.69, 9.17) is 21.1 Å². The van der Waals surface area contributed by atoms with E-state index in [9.17, 15) is 0 Å². The third kappa shape index (κ3) is 3.39. The fraction of sp³-hybridized carbons (Fsp3) is 0.333. The number of hydrogen-bond donors (Lipinski definition) is 0. The Bertz CT molecular complexity index is 602. The zero-order valence-electron chi connectivity index (χ0n) is 11.8. The van der Waals surface area contributed by atoms with Crippen molar-refractivity contribution in [3.05, 3.63) is 46.4 Å². The minimum atomic E-state index is 0.411. The smallest absolute Gasteiger partial charge is 0.221 e. The van der Waals surface area contributed by atoms with E-state index in [1.165, 1.54) is 0 Å². The third-order valence-electron chi connectivity index (χ3n) is 2.91. The molecule has 2 aromatic rings. The first-order chi connectivity index (χ1) is 9.63.